The van der Waals surface area contributed by atoms with Crippen LogP contribution in [0.5, 0.6) is 0 Å². The van der Waals surface area contributed by atoms with Crippen molar-refractivity contribution in [3.8, 4) is 0 Å². The predicted octanol–water partition coefficient (Wildman–Crippen LogP) is 1.23. The summed E-state index contributed by atoms with van der Waals surface area (Å²) in [5.41, 5.74) is 0.246. The van der Waals surface area contributed by atoms with E-state index in [0.717, 1.165) is 25.9 Å². The van der Waals surface area contributed by atoms with E-state index in [-0.39, 0.29) is 11.3 Å². The Kier molecular flexibility index (Phi) is 5.21. The molecule has 0 spiro atoms. The largest absolute Gasteiger partial charge is 0.302 e. The van der Waals surface area contributed by atoms with Crippen LogP contribution >= 0.6 is 0 Å². The molecule has 0 aliphatic carbocycles. The third-order valence-corrected chi connectivity index (χ3v) is 4.78. The van der Waals surface area contributed by atoms with Crippen LogP contribution in [0.4, 0.5) is 0 Å². The molecule has 0 aromatic carbocycles. The number of hydrogen-bond donors (Lipinski definition) is 0. The van der Waals surface area contributed by atoms with E-state index >= 15 is 0 Å². The highest BCUT2D eigenvalue weighted by molar-refractivity contribution is 7.90. The lowest BCUT2D eigenvalue weighted by molar-refractivity contribution is 0.0674. The molecule has 1 aliphatic heterocycles. The van der Waals surface area contributed by atoms with Crippen LogP contribution in [0.3, 0.4) is 0 Å². The number of rotatable bonds is 4. The molecule has 0 unspecified atom stereocenters. The quantitative estimate of drug-likeness (QED) is 0.774. The van der Waals surface area contributed by atoms with Gasteiger partial charge in [-0.15, -0.1) is 0 Å². The molecule has 0 N–H and O–H groups in total. The van der Waals surface area contributed by atoms with Crippen molar-refractivity contribution in [3.05, 3.63) is 0 Å². The van der Waals surface area contributed by atoms with Gasteiger partial charge >= 0.3 is 0 Å². The molecule has 1 heterocycles. The smallest absolute Gasteiger partial charge is 0.148 e. The molecular formula is C13H28N2O2S. The predicted molar refractivity (Wildman–Crippen MR) is 76.7 cm³/mol. The summed E-state index contributed by atoms with van der Waals surface area (Å²) < 4.78 is 22.3. The van der Waals surface area contributed by atoms with Crippen LogP contribution in [0.15, 0.2) is 0 Å². The summed E-state index contributed by atoms with van der Waals surface area (Å²) >= 11 is 0. The van der Waals surface area contributed by atoms with Crippen LogP contribution in [0, 0.1) is 0 Å². The summed E-state index contributed by atoms with van der Waals surface area (Å²) in [7, 11) is -0.800. The van der Waals surface area contributed by atoms with E-state index in [4.69, 9.17) is 0 Å². The lowest BCUT2D eigenvalue weighted by Gasteiger charge is -2.43. The Hall–Kier alpha value is -0.130. The molecule has 0 saturated carbocycles. The number of nitrogens with zero attached hydrogens (tertiary/aromatic N) is 2. The molecule has 0 radical (unpaired) electrons. The second-order valence-corrected chi connectivity index (χ2v) is 8.76. The average molecular weight is 276 g/mol. The SMILES string of the molecule is CN(CCS(C)(=O)=O)C1CCN(C(C)(C)C)CC1. The fraction of sp³-hybridized carbons (Fsp3) is 1.00. The maximum Gasteiger partial charge on any atom is 0.148 e. The number of sulfone groups is 1. The summed E-state index contributed by atoms with van der Waals surface area (Å²) in [6.45, 7) is 9.62. The van der Waals surface area contributed by atoms with Gasteiger partial charge in [-0.05, 0) is 40.7 Å². The second kappa shape index (κ2) is 5.88. The van der Waals surface area contributed by atoms with Crippen molar-refractivity contribution in [2.24, 2.45) is 0 Å². The van der Waals surface area contributed by atoms with Gasteiger partial charge in [-0.3, -0.25) is 4.90 Å². The van der Waals surface area contributed by atoms with Crippen molar-refractivity contribution < 1.29 is 8.42 Å². The van der Waals surface area contributed by atoms with Crippen LogP contribution in [0.25, 0.3) is 0 Å². The second-order valence-electron chi connectivity index (χ2n) is 6.50. The van der Waals surface area contributed by atoms with Crippen molar-refractivity contribution in [2.45, 2.75) is 45.2 Å². The van der Waals surface area contributed by atoms with Gasteiger partial charge in [0.2, 0.25) is 0 Å². The molecule has 0 bridgehead atoms. The molecule has 0 atom stereocenters. The van der Waals surface area contributed by atoms with Gasteiger partial charge in [0.1, 0.15) is 9.84 Å². The van der Waals surface area contributed by atoms with Crippen LogP contribution in [0.2, 0.25) is 0 Å². The standard InChI is InChI=1S/C13H28N2O2S/c1-13(2,3)15-8-6-12(7-9-15)14(4)10-11-18(5,16)17/h12H,6-11H2,1-5H3. The molecule has 1 fully saturated rings. The zero-order chi connectivity index (χ0) is 14.0. The number of piperidine rings is 1. The molecule has 5 heteroatoms. The minimum atomic E-state index is -2.84. The molecule has 4 nitrogen and oxygen atoms in total. The highest BCUT2D eigenvalue weighted by Gasteiger charge is 2.28. The fourth-order valence-electron chi connectivity index (χ4n) is 2.47. The molecule has 1 saturated heterocycles. The molecule has 0 aromatic heterocycles. The Balaban J connectivity index is 2.39. The zero-order valence-corrected chi connectivity index (χ0v) is 13.3. The van der Waals surface area contributed by atoms with Gasteiger partial charge in [0.25, 0.3) is 0 Å². The van der Waals surface area contributed by atoms with Gasteiger partial charge in [-0.2, -0.15) is 0 Å². The third kappa shape index (κ3) is 5.24. The lowest BCUT2D eigenvalue weighted by Crippen LogP contribution is -2.50. The van der Waals surface area contributed by atoms with Gasteiger partial charge in [-0.25, -0.2) is 8.42 Å². The van der Waals surface area contributed by atoms with E-state index in [1.165, 1.54) is 6.26 Å². The fourth-order valence-corrected chi connectivity index (χ4v) is 3.09. The topological polar surface area (TPSA) is 40.6 Å². The molecule has 1 aliphatic rings. The van der Waals surface area contributed by atoms with Crippen molar-refractivity contribution in [3.63, 3.8) is 0 Å². The normalized spacial score (nSPS) is 20.6. The maximum atomic E-state index is 11.2. The first-order valence-corrected chi connectivity index (χ1v) is 8.78. The summed E-state index contributed by atoms with van der Waals surface area (Å²) in [5.74, 6) is 0.267. The van der Waals surface area contributed by atoms with Crippen LogP contribution in [0.1, 0.15) is 33.6 Å². The lowest BCUT2D eigenvalue weighted by atomic mass is 9.97. The monoisotopic (exact) mass is 276 g/mol. The van der Waals surface area contributed by atoms with Crippen LogP contribution in [-0.4, -0.2) is 68.5 Å². The van der Waals surface area contributed by atoms with Crippen molar-refractivity contribution in [1.29, 1.82) is 0 Å². The molecule has 1 rings (SSSR count). The van der Waals surface area contributed by atoms with Crippen LogP contribution < -0.4 is 0 Å². The first-order chi connectivity index (χ1) is 8.09. The van der Waals surface area contributed by atoms with Gasteiger partial charge in [0.15, 0.2) is 0 Å². The summed E-state index contributed by atoms with van der Waals surface area (Å²) in [6, 6.07) is 0.533. The van der Waals surface area contributed by atoms with Gasteiger partial charge in [-0.1, -0.05) is 0 Å². The van der Waals surface area contributed by atoms with Crippen molar-refractivity contribution in [2.75, 3.05) is 38.7 Å². The summed E-state index contributed by atoms with van der Waals surface area (Å²) in [5, 5.41) is 0. The van der Waals surface area contributed by atoms with E-state index < -0.39 is 9.84 Å². The molecule has 0 aromatic rings. The Bertz CT molecular complexity index is 352. The van der Waals surface area contributed by atoms with Gasteiger partial charge < -0.3 is 4.90 Å². The Labute approximate surface area is 112 Å². The van der Waals surface area contributed by atoms with Gasteiger partial charge in [0.05, 0.1) is 5.75 Å². The van der Waals surface area contributed by atoms with E-state index in [1.807, 2.05) is 7.05 Å². The third-order valence-electron chi connectivity index (χ3n) is 3.85. The van der Waals surface area contributed by atoms with Crippen molar-refractivity contribution in [1.82, 2.24) is 9.80 Å². The Morgan fingerprint density at radius 3 is 2.11 bits per heavy atom. The highest BCUT2D eigenvalue weighted by Crippen LogP contribution is 2.22. The number of likely N-dealkylation sites (tertiary alicyclic amines) is 1. The van der Waals surface area contributed by atoms with E-state index in [9.17, 15) is 8.42 Å². The molecule has 18 heavy (non-hydrogen) atoms. The molecule has 0 amide bonds. The highest BCUT2D eigenvalue weighted by atomic mass is 32.2. The molecule has 108 valence electrons. The Morgan fingerprint density at radius 2 is 1.72 bits per heavy atom. The Morgan fingerprint density at radius 1 is 1.22 bits per heavy atom. The first-order valence-electron chi connectivity index (χ1n) is 6.72. The van der Waals surface area contributed by atoms with Crippen LogP contribution in [-0.2, 0) is 9.84 Å². The summed E-state index contributed by atoms with van der Waals surface area (Å²) in [6.07, 6.45) is 3.58. The average Bonchev–Trinajstić information content (AvgIpc) is 2.24. The molecular weight excluding hydrogens is 248 g/mol. The first kappa shape index (κ1) is 15.9. The van der Waals surface area contributed by atoms with Crippen molar-refractivity contribution >= 4 is 9.84 Å². The zero-order valence-electron chi connectivity index (χ0n) is 12.4. The minimum Gasteiger partial charge on any atom is -0.302 e. The summed E-state index contributed by atoms with van der Waals surface area (Å²) in [4.78, 5) is 4.72. The van der Waals surface area contributed by atoms with E-state index in [2.05, 4.69) is 30.6 Å². The number of hydrogen-bond acceptors (Lipinski definition) is 4. The minimum absolute atomic E-state index is 0.246. The van der Waals surface area contributed by atoms with E-state index in [1.54, 1.807) is 0 Å². The van der Waals surface area contributed by atoms with E-state index in [0.29, 0.717) is 12.6 Å². The van der Waals surface area contributed by atoms with Gasteiger partial charge in [0, 0.05) is 37.5 Å². The maximum absolute atomic E-state index is 11.2.